The summed E-state index contributed by atoms with van der Waals surface area (Å²) < 4.78 is 0. The van der Waals surface area contributed by atoms with E-state index in [-0.39, 0.29) is 6.10 Å². The van der Waals surface area contributed by atoms with Crippen molar-refractivity contribution in [3.05, 3.63) is 23.3 Å². The Kier molecular flexibility index (Phi) is 3.79. The third kappa shape index (κ3) is 2.47. The van der Waals surface area contributed by atoms with Gasteiger partial charge in [0.05, 0.1) is 6.10 Å². The van der Waals surface area contributed by atoms with Crippen molar-refractivity contribution in [2.75, 3.05) is 0 Å². The zero-order valence-electron chi connectivity index (χ0n) is 8.09. The first-order valence-corrected chi connectivity index (χ1v) is 4.80. The van der Waals surface area contributed by atoms with Gasteiger partial charge in [0.25, 0.3) is 0 Å². The van der Waals surface area contributed by atoms with Gasteiger partial charge in [-0.1, -0.05) is 24.5 Å². The number of allylic oxidation sites excluding steroid dienone is 3. The van der Waals surface area contributed by atoms with Gasteiger partial charge < -0.3 is 5.11 Å². The molecule has 1 saturated carbocycles. The Balaban J connectivity index is 2.91. The van der Waals surface area contributed by atoms with Gasteiger partial charge in [0.15, 0.2) is 0 Å². The number of aliphatic hydroxyl groups is 1. The number of terminal acetylenes is 1. The van der Waals surface area contributed by atoms with E-state index in [4.69, 9.17) is 6.42 Å². The minimum Gasteiger partial charge on any atom is -0.389 e. The molecule has 1 nitrogen and oxygen atoms in total. The van der Waals surface area contributed by atoms with Crippen LogP contribution < -0.4 is 0 Å². The van der Waals surface area contributed by atoms with E-state index in [9.17, 15) is 5.11 Å². The molecule has 0 aromatic rings. The molecule has 70 valence electrons. The SMILES string of the molecule is C#CC(/C=C/C)=C1\CCCCC1O. The van der Waals surface area contributed by atoms with Crippen molar-refractivity contribution in [2.24, 2.45) is 0 Å². The molecule has 1 unspecified atom stereocenters. The Bertz CT molecular complexity index is 265. The lowest BCUT2D eigenvalue weighted by Crippen LogP contribution is -2.16. The summed E-state index contributed by atoms with van der Waals surface area (Å²) in [6.45, 7) is 1.94. The summed E-state index contributed by atoms with van der Waals surface area (Å²) in [5.41, 5.74) is 1.92. The molecule has 0 amide bonds. The maximum atomic E-state index is 9.71. The fourth-order valence-corrected chi connectivity index (χ4v) is 1.72. The maximum absolute atomic E-state index is 9.71. The topological polar surface area (TPSA) is 20.2 Å². The van der Waals surface area contributed by atoms with Gasteiger partial charge in [-0.3, -0.25) is 0 Å². The van der Waals surface area contributed by atoms with Gasteiger partial charge >= 0.3 is 0 Å². The van der Waals surface area contributed by atoms with E-state index in [1.54, 1.807) is 0 Å². The zero-order valence-corrected chi connectivity index (χ0v) is 8.09. The molecule has 1 heteroatoms. The highest BCUT2D eigenvalue weighted by Crippen LogP contribution is 2.26. The van der Waals surface area contributed by atoms with Crippen molar-refractivity contribution in [3.63, 3.8) is 0 Å². The summed E-state index contributed by atoms with van der Waals surface area (Å²) in [6.07, 6.45) is 13.0. The second-order valence-corrected chi connectivity index (χ2v) is 3.34. The van der Waals surface area contributed by atoms with E-state index in [1.807, 2.05) is 19.1 Å². The zero-order chi connectivity index (χ0) is 9.68. The molecular weight excluding hydrogens is 160 g/mol. The van der Waals surface area contributed by atoms with Crippen LogP contribution in [0.25, 0.3) is 0 Å². The first kappa shape index (κ1) is 10.1. The van der Waals surface area contributed by atoms with Crippen LogP contribution in [-0.2, 0) is 0 Å². The summed E-state index contributed by atoms with van der Waals surface area (Å²) in [7, 11) is 0. The van der Waals surface area contributed by atoms with Crippen LogP contribution in [0.5, 0.6) is 0 Å². The molecule has 0 spiro atoms. The van der Waals surface area contributed by atoms with Gasteiger partial charge in [-0.25, -0.2) is 0 Å². The van der Waals surface area contributed by atoms with Crippen LogP contribution >= 0.6 is 0 Å². The second-order valence-electron chi connectivity index (χ2n) is 3.34. The summed E-state index contributed by atoms with van der Waals surface area (Å²) in [6, 6.07) is 0. The standard InChI is InChI=1S/C12H16O/c1-3-7-10(4-2)11-8-5-6-9-12(11)13/h2-3,7,12-13H,5-6,8-9H2,1H3/b7-3+,11-10-. The molecule has 1 rings (SSSR count). The molecular formula is C12H16O. The van der Waals surface area contributed by atoms with Gasteiger partial charge in [-0.2, -0.15) is 0 Å². The van der Waals surface area contributed by atoms with Crippen LogP contribution in [0, 0.1) is 12.3 Å². The number of hydrogen-bond donors (Lipinski definition) is 1. The van der Waals surface area contributed by atoms with Crippen LogP contribution in [0.4, 0.5) is 0 Å². The average molecular weight is 176 g/mol. The quantitative estimate of drug-likeness (QED) is 0.608. The first-order valence-electron chi connectivity index (χ1n) is 4.80. The van der Waals surface area contributed by atoms with Gasteiger partial charge in [-0.15, -0.1) is 6.42 Å². The molecule has 1 aliphatic rings. The Labute approximate surface area is 80.2 Å². The van der Waals surface area contributed by atoms with Crippen molar-refractivity contribution in [2.45, 2.75) is 38.7 Å². The van der Waals surface area contributed by atoms with E-state index in [0.29, 0.717) is 0 Å². The minimum absolute atomic E-state index is 0.309. The Morgan fingerprint density at radius 2 is 2.38 bits per heavy atom. The highest BCUT2D eigenvalue weighted by Gasteiger charge is 2.17. The summed E-state index contributed by atoms with van der Waals surface area (Å²) in [5.74, 6) is 2.64. The van der Waals surface area contributed by atoms with Crippen LogP contribution in [0.15, 0.2) is 23.3 Å². The average Bonchev–Trinajstić information content (AvgIpc) is 2.16. The molecule has 1 atom stereocenters. The third-order valence-corrected chi connectivity index (χ3v) is 2.41. The Hall–Kier alpha value is -1.00. The summed E-state index contributed by atoms with van der Waals surface area (Å²) >= 11 is 0. The Morgan fingerprint density at radius 3 is 2.92 bits per heavy atom. The lowest BCUT2D eigenvalue weighted by Gasteiger charge is -2.21. The van der Waals surface area contributed by atoms with E-state index >= 15 is 0 Å². The highest BCUT2D eigenvalue weighted by atomic mass is 16.3. The molecule has 0 heterocycles. The monoisotopic (exact) mass is 176 g/mol. The second kappa shape index (κ2) is 4.89. The molecule has 0 aromatic heterocycles. The molecule has 1 fully saturated rings. The van der Waals surface area contributed by atoms with Crippen molar-refractivity contribution < 1.29 is 5.11 Å². The van der Waals surface area contributed by atoms with Crippen molar-refractivity contribution >= 4 is 0 Å². The molecule has 0 bridgehead atoms. The van der Waals surface area contributed by atoms with Crippen LogP contribution in [-0.4, -0.2) is 11.2 Å². The van der Waals surface area contributed by atoms with Gasteiger partial charge in [0, 0.05) is 5.57 Å². The number of rotatable bonds is 1. The molecule has 0 aromatic carbocycles. The summed E-state index contributed by atoms with van der Waals surface area (Å²) in [4.78, 5) is 0. The van der Waals surface area contributed by atoms with E-state index in [2.05, 4.69) is 5.92 Å². The number of aliphatic hydroxyl groups excluding tert-OH is 1. The fraction of sp³-hybridized carbons (Fsp3) is 0.500. The van der Waals surface area contributed by atoms with Gasteiger partial charge in [0.1, 0.15) is 0 Å². The highest BCUT2D eigenvalue weighted by molar-refractivity contribution is 5.42. The minimum atomic E-state index is -0.309. The van der Waals surface area contributed by atoms with Crippen LogP contribution in [0.3, 0.4) is 0 Å². The maximum Gasteiger partial charge on any atom is 0.0765 e. The largest absolute Gasteiger partial charge is 0.389 e. The smallest absolute Gasteiger partial charge is 0.0765 e. The lowest BCUT2D eigenvalue weighted by atomic mass is 9.88. The third-order valence-electron chi connectivity index (χ3n) is 2.41. The molecule has 1 aliphatic carbocycles. The van der Waals surface area contributed by atoms with Gasteiger partial charge in [0.2, 0.25) is 0 Å². The lowest BCUT2D eigenvalue weighted by molar-refractivity contribution is 0.178. The normalized spacial score (nSPS) is 27.3. The molecule has 13 heavy (non-hydrogen) atoms. The molecule has 0 saturated heterocycles. The van der Waals surface area contributed by atoms with Crippen molar-refractivity contribution in [1.82, 2.24) is 0 Å². The fourth-order valence-electron chi connectivity index (χ4n) is 1.72. The predicted molar refractivity (Wildman–Crippen MR) is 55.1 cm³/mol. The van der Waals surface area contributed by atoms with Crippen molar-refractivity contribution in [3.8, 4) is 12.3 Å². The van der Waals surface area contributed by atoms with Crippen molar-refractivity contribution in [1.29, 1.82) is 0 Å². The molecule has 1 N–H and O–H groups in total. The molecule has 0 aliphatic heterocycles. The van der Waals surface area contributed by atoms with E-state index in [1.165, 1.54) is 0 Å². The van der Waals surface area contributed by atoms with E-state index in [0.717, 1.165) is 36.8 Å². The number of hydrogen-bond acceptors (Lipinski definition) is 1. The van der Waals surface area contributed by atoms with Gasteiger partial charge in [-0.05, 0) is 31.8 Å². The molecule has 0 radical (unpaired) electrons. The van der Waals surface area contributed by atoms with E-state index < -0.39 is 0 Å². The van der Waals surface area contributed by atoms with Crippen LogP contribution in [0.1, 0.15) is 32.6 Å². The summed E-state index contributed by atoms with van der Waals surface area (Å²) in [5, 5.41) is 9.71. The predicted octanol–water partition coefficient (Wildman–Crippen LogP) is 2.43. The Morgan fingerprint density at radius 1 is 1.62 bits per heavy atom. The van der Waals surface area contributed by atoms with Crippen LogP contribution in [0.2, 0.25) is 0 Å². The first-order chi connectivity index (χ1) is 6.29.